The minimum atomic E-state index is -0.167. The Morgan fingerprint density at radius 3 is 2.27 bits per heavy atom. The number of amides is 2. The molecule has 26 heavy (non-hydrogen) atoms. The third-order valence-electron chi connectivity index (χ3n) is 5.41. The molecule has 1 aliphatic heterocycles. The molecule has 1 aromatic heterocycles. The van der Waals surface area contributed by atoms with Crippen LogP contribution in [-0.2, 0) is 5.54 Å². The van der Waals surface area contributed by atoms with Crippen molar-refractivity contribution in [2.75, 3.05) is 5.73 Å². The maximum atomic E-state index is 12.7. The number of nitrogen functional groups attached to an aromatic ring is 1. The van der Waals surface area contributed by atoms with Crippen LogP contribution in [0, 0.1) is 0 Å². The van der Waals surface area contributed by atoms with Gasteiger partial charge in [-0.15, -0.1) is 0 Å². The molecule has 1 saturated carbocycles. The van der Waals surface area contributed by atoms with E-state index < -0.39 is 0 Å². The normalized spacial score (nSPS) is 23.0. The standard InChI is InChI=1S/C20H24N4O2/c1-20(2,3)24-16(11-17(21)22-24)12-8-9-13(10-12)23-18(25)14-6-4-5-7-15(14)19(23)26/h4-7,11-13H,8-10H2,1-3H3,(H2,21,22). The van der Waals surface area contributed by atoms with Crippen molar-refractivity contribution < 1.29 is 9.59 Å². The van der Waals surface area contributed by atoms with Gasteiger partial charge in [0.25, 0.3) is 11.8 Å². The van der Waals surface area contributed by atoms with Crippen LogP contribution in [0.2, 0.25) is 0 Å². The van der Waals surface area contributed by atoms with Gasteiger partial charge in [0.2, 0.25) is 0 Å². The summed E-state index contributed by atoms with van der Waals surface area (Å²) >= 11 is 0. The van der Waals surface area contributed by atoms with Gasteiger partial charge in [0.05, 0.1) is 16.7 Å². The molecule has 2 unspecified atom stereocenters. The Labute approximate surface area is 153 Å². The third-order valence-corrected chi connectivity index (χ3v) is 5.41. The summed E-state index contributed by atoms with van der Waals surface area (Å²) in [5, 5.41) is 4.46. The SMILES string of the molecule is CC(C)(C)n1nc(N)cc1C1CCC(N2C(=O)c3ccccc3C2=O)C1. The number of fused-ring (bicyclic) bond motifs is 1. The van der Waals surface area contributed by atoms with Crippen LogP contribution in [0.5, 0.6) is 0 Å². The number of hydrogen-bond donors (Lipinski definition) is 1. The summed E-state index contributed by atoms with van der Waals surface area (Å²) in [6.45, 7) is 6.29. The van der Waals surface area contributed by atoms with E-state index in [-0.39, 0.29) is 29.3 Å². The molecule has 2 N–H and O–H groups in total. The van der Waals surface area contributed by atoms with Crippen molar-refractivity contribution in [1.29, 1.82) is 0 Å². The molecule has 1 fully saturated rings. The lowest BCUT2D eigenvalue weighted by atomic mass is 10.0. The zero-order valence-electron chi connectivity index (χ0n) is 15.4. The van der Waals surface area contributed by atoms with E-state index in [9.17, 15) is 9.59 Å². The summed E-state index contributed by atoms with van der Waals surface area (Å²) in [4.78, 5) is 26.9. The maximum absolute atomic E-state index is 12.7. The number of anilines is 1. The van der Waals surface area contributed by atoms with E-state index in [4.69, 9.17) is 5.73 Å². The second-order valence-electron chi connectivity index (χ2n) is 8.27. The molecule has 0 bridgehead atoms. The van der Waals surface area contributed by atoms with Crippen molar-refractivity contribution in [2.45, 2.75) is 57.5 Å². The van der Waals surface area contributed by atoms with Gasteiger partial charge in [-0.3, -0.25) is 19.2 Å². The number of hydrogen-bond acceptors (Lipinski definition) is 4. The Balaban J connectivity index is 1.59. The average Bonchev–Trinajstić information content (AvgIpc) is 3.26. The quantitative estimate of drug-likeness (QED) is 0.842. The van der Waals surface area contributed by atoms with E-state index in [1.165, 1.54) is 4.90 Å². The van der Waals surface area contributed by atoms with Gasteiger partial charge >= 0.3 is 0 Å². The Hall–Kier alpha value is -2.63. The maximum Gasteiger partial charge on any atom is 0.261 e. The Morgan fingerprint density at radius 2 is 1.69 bits per heavy atom. The van der Waals surface area contributed by atoms with Crippen molar-refractivity contribution in [3.8, 4) is 0 Å². The van der Waals surface area contributed by atoms with E-state index in [0.717, 1.165) is 25.0 Å². The highest BCUT2D eigenvalue weighted by molar-refractivity contribution is 6.21. The van der Waals surface area contributed by atoms with Crippen LogP contribution in [0.4, 0.5) is 5.82 Å². The lowest BCUT2D eigenvalue weighted by Crippen LogP contribution is -2.38. The molecule has 2 aliphatic rings. The number of nitrogens with zero attached hydrogens (tertiary/aromatic N) is 3. The number of carbonyl (C=O) groups excluding carboxylic acids is 2. The lowest BCUT2D eigenvalue weighted by molar-refractivity contribution is 0.0586. The highest BCUT2D eigenvalue weighted by Crippen LogP contribution is 2.41. The molecular formula is C20H24N4O2. The van der Waals surface area contributed by atoms with Crippen LogP contribution < -0.4 is 5.73 Å². The fourth-order valence-electron chi connectivity index (χ4n) is 4.24. The molecular weight excluding hydrogens is 328 g/mol. The molecule has 2 atom stereocenters. The molecule has 0 spiro atoms. The van der Waals surface area contributed by atoms with Gasteiger partial charge < -0.3 is 5.73 Å². The third kappa shape index (κ3) is 2.52. The zero-order valence-corrected chi connectivity index (χ0v) is 15.4. The van der Waals surface area contributed by atoms with Crippen LogP contribution in [-0.4, -0.2) is 32.5 Å². The molecule has 1 aromatic carbocycles. The Morgan fingerprint density at radius 1 is 1.08 bits per heavy atom. The Kier molecular flexibility index (Phi) is 3.68. The number of nitrogens with two attached hydrogens (primary N) is 1. The summed E-state index contributed by atoms with van der Waals surface area (Å²) in [6.07, 6.45) is 2.48. The zero-order chi connectivity index (χ0) is 18.6. The van der Waals surface area contributed by atoms with Crippen LogP contribution >= 0.6 is 0 Å². The molecule has 6 nitrogen and oxygen atoms in total. The highest BCUT2D eigenvalue weighted by Gasteiger charge is 2.43. The van der Waals surface area contributed by atoms with Gasteiger partial charge in [-0.25, -0.2) is 0 Å². The summed E-state index contributed by atoms with van der Waals surface area (Å²) in [7, 11) is 0. The lowest BCUT2D eigenvalue weighted by Gasteiger charge is -2.25. The molecule has 2 amide bonds. The van der Waals surface area contributed by atoms with Crippen molar-refractivity contribution in [3.63, 3.8) is 0 Å². The second-order valence-corrected chi connectivity index (χ2v) is 8.27. The number of aromatic nitrogens is 2. The summed E-state index contributed by atoms with van der Waals surface area (Å²) in [5.74, 6) is 0.424. The van der Waals surface area contributed by atoms with E-state index >= 15 is 0 Å². The van der Waals surface area contributed by atoms with Gasteiger partial charge in [-0.1, -0.05) is 12.1 Å². The number of rotatable bonds is 2. The monoisotopic (exact) mass is 352 g/mol. The van der Waals surface area contributed by atoms with Crippen molar-refractivity contribution in [3.05, 3.63) is 47.2 Å². The first kappa shape index (κ1) is 16.8. The van der Waals surface area contributed by atoms with Crippen molar-refractivity contribution in [2.24, 2.45) is 0 Å². The van der Waals surface area contributed by atoms with E-state index in [1.807, 2.05) is 10.7 Å². The number of imide groups is 1. The van der Waals surface area contributed by atoms with Gasteiger partial charge in [0, 0.05) is 23.7 Å². The average molecular weight is 352 g/mol. The summed E-state index contributed by atoms with van der Waals surface area (Å²) in [5.41, 5.74) is 7.91. The van der Waals surface area contributed by atoms with Crippen molar-refractivity contribution >= 4 is 17.6 Å². The Bertz CT molecular complexity index is 858. The van der Waals surface area contributed by atoms with E-state index in [0.29, 0.717) is 16.9 Å². The van der Waals surface area contributed by atoms with Gasteiger partial charge in [0.15, 0.2) is 0 Å². The molecule has 6 heteroatoms. The van der Waals surface area contributed by atoms with Crippen LogP contribution in [0.1, 0.15) is 72.4 Å². The molecule has 4 rings (SSSR count). The fourth-order valence-corrected chi connectivity index (χ4v) is 4.24. The first-order chi connectivity index (χ1) is 12.3. The van der Waals surface area contributed by atoms with Gasteiger partial charge in [-0.05, 0) is 52.2 Å². The van der Waals surface area contributed by atoms with Crippen LogP contribution in [0.3, 0.4) is 0 Å². The van der Waals surface area contributed by atoms with E-state index in [2.05, 4.69) is 25.9 Å². The first-order valence-electron chi connectivity index (χ1n) is 9.10. The molecule has 2 aromatic rings. The van der Waals surface area contributed by atoms with Crippen LogP contribution in [0.15, 0.2) is 30.3 Å². The highest BCUT2D eigenvalue weighted by atomic mass is 16.2. The summed E-state index contributed by atoms with van der Waals surface area (Å²) < 4.78 is 1.98. The fraction of sp³-hybridized carbons (Fsp3) is 0.450. The number of carbonyl (C=O) groups is 2. The van der Waals surface area contributed by atoms with Crippen molar-refractivity contribution in [1.82, 2.24) is 14.7 Å². The predicted molar refractivity (Wildman–Crippen MR) is 99.0 cm³/mol. The summed E-state index contributed by atoms with van der Waals surface area (Å²) in [6, 6.07) is 8.93. The minimum absolute atomic E-state index is 0.0723. The predicted octanol–water partition coefficient (Wildman–Crippen LogP) is 3.15. The topological polar surface area (TPSA) is 81.2 Å². The molecule has 0 saturated heterocycles. The minimum Gasteiger partial charge on any atom is -0.382 e. The van der Waals surface area contributed by atoms with Gasteiger partial charge in [0.1, 0.15) is 5.82 Å². The smallest absolute Gasteiger partial charge is 0.261 e. The van der Waals surface area contributed by atoms with Gasteiger partial charge in [-0.2, -0.15) is 5.10 Å². The molecule has 136 valence electrons. The number of benzene rings is 1. The van der Waals surface area contributed by atoms with E-state index in [1.54, 1.807) is 24.3 Å². The largest absolute Gasteiger partial charge is 0.382 e. The molecule has 1 aliphatic carbocycles. The second kappa shape index (κ2) is 5.69. The first-order valence-corrected chi connectivity index (χ1v) is 9.10. The molecule has 2 heterocycles. The van der Waals surface area contributed by atoms with Crippen LogP contribution in [0.25, 0.3) is 0 Å². The molecule has 0 radical (unpaired) electrons.